The zero-order valence-electron chi connectivity index (χ0n) is 31.8. The Balaban J connectivity index is 2.40. The van der Waals surface area contributed by atoms with Crippen LogP contribution >= 0.6 is 0 Å². The quantitative estimate of drug-likeness (QED) is 0.0378. The number of unbranched alkanes of at least 4 members (excludes halogenated alkanes) is 12. The number of hydrogen-bond donors (Lipinski definition) is 0. The molecule has 0 aliphatic heterocycles. The second-order valence-electron chi connectivity index (χ2n) is 14.1. The van der Waals surface area contributed by atoms with Crippen molar-refractivity contribution in [3.05, 3.63) is 59.7 Å². The van der Waals surface area contributed by atoms with E-state index in [1.54, 1.807) is 4.90 Å². The van der Waals surface area contributed by atoms with Crippen molar-refractivity contribution in [2.24, 2.45) is 0 Å². The molecule has 0 fully saturated rings. The number of carbonyl (C=O) groups is 3. The zero-order valence-corrected chi connectivity index (χ0v) is 31.8. The molecule has 0 saturated heterocycles. The number of aryl methyl sites for hydroxylation is 1. The molecule has 0 spiro atoms. The molecule has 49 heavy (non-hydrogen) atoms. The largest absolute Gasteiger partial charge is 0.461 e. The number of allylic oxidation sites excluding steroid dienone is 2. The maximum absolute atomic E-state index is 13.1. The summed E-state index contributed by atoms with van der Waals surface area (Å²) in [5, 5.41) is 0. The third-order valence-electron chi connectivity index (χ3n) is 8.13. The van der Waals surface area contributed by atoms with E-state index >= 15 is 0 Å². The van der Waals surface area contributed by atoms with E-state index in [0.717, 1.165) is 62.5 Å². The number of amides is 1. The van der Waals surface area contributed by atoms with Crippen molar-refractivity contribution in [1.82, 2.24) is 4.90 Å². The van der Waals surface area contributed by atoms with Crippen molar-refractivity contribution in [2.75, 3.05) is 19.8 Å². The summed E-state index contributed by atoms with van der Waals surface area (Å²) >= 11 is 0. The topological polar surface area (TPSA) is 82.1 Å². The zero-order chi connectivity index (χ0) is 36.0. The smallest absolute Gasteiger partial charge is 0.410 e. The summed E-state index contributed by atoms with van der Waals surface area (Å²) < 4.78 is 16.4. The van der Waals surface area contributed by atoms with E-state index < -0.39 is 5.60 Å². The molecule has 0 heterocycles. The minimum absolute atomic E-state index is 0.134. The highest BCUT2D eigenvalue weighted by Gasteiger charge is 2.22. The standard InChI is InChI=1S/C42H69NO6/c1-6-8-10-12-14-19-23-33-47-39(44)30-21-17-16-18-22-32-43(41(46)49-42(3,4)5)36-38-29-25-27-37(35-38)28-26-31-40(45)48-34-24-20-15-13-11-9-7-2/h19-20,23-25,27,29,35H,6-18,21-22,26,28,30-34,36H2,1-5H3/b23-19-,24-20-. The number of ether oxygens (including phenoxy) is 3. The lowest BCUT2D eigenvalue weighted by atomic mass is 10.0. The summed E-state index contributed by atoms with van der Waals surface area (Å²) in [5.41, 5.74) is 1.60. The number of benzene rings is 1. The second-order valence-corrected chi connectivity index (χ2v) is 14.1. The van der Waals surface area contributed by atoms with Crippen LogP contribution in [0.2, 0.25) is 0 Å². The monoisotopic (exact) mass is 684 g/mol. The lowest BCUT2D eigenvalue weighted by molar-refractivity contribution is -0.143. The Bertz CT molecular complexity index is 1070. The highest BCUT2D eigenvalue weighted by molar-refractivity contribution is 5.70. The molecule has 0 aliphatic carbocycles. The third-order valence-corrected chi connectivity index (χ3v) is 8.13. The molecule has 0 radical (unpaired) electrons. The predicted octanol–water partition coefficient (Wildman–Crippen LogP) is 11.2. The Morgan fingerprint density at radius 3 is 1.78 bits per heavy atom. The number of hydrogen-bond acceptors (Lipinski definition) is 6. The Morgan fingerprint density at radius 1 is 0.653 bits per heavy atom. The molecule has 7 nitrogen and oxygen atoms in total. The lowest BCUT2D eigenvalue weighted by Gasteiger charge is -2.27. The summed E-state index contributed by atoms with van der Waals surface area (Å²) in [6.45, 7) is 11.8. The van der Waals surface area contributed by atoms with E-state index in [1.165, 1.54) is 51.4 Å². The van der Waals surface area contributed by atoms with Crippen LogP contribution in [-0.4, -0.2) is 48.3 Å². The van der Waals surface area contributed by atoms with E-state index in [2.05, 4.69) is 38.1 Å². The molecule has 0 aliphatic rings. The number of nitrogens with zero attached hydrogens (tertiary/aromatic N) is 1. The van der Waals surface area contributed by atoms with Gasteiger partial charge in [-0.2, -0.15) is 0 Å². The molecule has 0 N–H and O–H groups in total. The van der Waals surface area contributed by atoms with Crippen LogP contribution in [0.15, 0.2) is 48.6 Å². The van der Waals surface area contributed by atoms with E-state index in [-0.39, 0.29) is 18.0 Å². The molecule has 0 bridgehead atoms. The van der Waals surface area contributed by atoms with Gasteiger partial charge in [-0.1, -0.05) is 120 Å². The van der Waals surface area contributed by atoms with E-state index in [9.17, 15) is 14.4 Å². The van der Waals surface area contributed by atoms with Crippen LogP contribution in [0.1, 0.15) is 161 Å². The fourth-order valence-electron chi connectivity index (χ4n) is 5.38. The summed E-state index contributed by atoms with van der Waals surface area (Å²) in [5.74, 6) is -0.302. The van der Waals surface area contributed by atoms with Crippen molar-refractivity contribution >= 4 is 18.0 Å². The maximum atomic E-state index is 13.1. The van der Waals surface area contributed by atoms with Gasteiger partial charge in [0.2, 0.25) is 0 Å². The van der Waals surface area contributed by atoms with Gasteiger partial charge in [0, 0.05) is 25.9 Å². The molecule has 0 atom stereocenters. The molecular weight excluding hydrogens is 614 g/mol. The van der Waals surface area contributed by atoms with Crippen molar-refractivity contribution in [1.29, 1.82) is 0 Å². The van der Waals surface area contributed by atoms with Gasteiger partial charge in [0.05, 0.1) is 0 Å². The first-order valence-electron chi connectivity index (χ1n) is 19.3. The van der Waals surface area contributed by atoms with Gasteiger partial charge in [0.15, 0.2) is 0 Å². The van der Waals surface area contributed by atoms with Crippen LogP contribution in [-0.2, 0) is 36.8 Å². The first kappa shape index (κ1) is 43.9. The van der Waals surface area contributed by atoms with Gasteiger partial charge < -0.3 is 19.1 Å². The summed E-state index contributed by atoms with van der Waals surface area (Å²) in [6, 6.07) is 8.23. The van der Waals surface area contributed by atoms with Gasteiger partial charge >= 0.3 is 18.0 Å². The third kappa shape index (κ3) is 26.5. The highest BCUT2D eigenvalue weighted by atomic mass is 16.6. The molecule has 1 rings (SSSR count). The normalized spacial score (nSPS) is 11.7. The minimum Gasteiger partial charge on any atom is -0.461 e. The van der Waals surface area contributed by atoms with Crippen LogP contribution in [0.4, 0.5) is 4.79 Å². The molecule has 278 valence electrons. The summed E-state index contributed by atoms with van der Waals surface area (Å²) in [6.07, 6.45) is 26.7. The van der Waals surface area contributed by atoms with Crippen LogP contribution in [0, 0.1) is 0 Å². The SMILES string of the molecule is CCCCCC/C=C\COC(=O)CCCCCCCN(Cc1cccc(CCCC(=O)OC/C=C\CCCCCC)c1)C(=O)OC(C)(C)C. The van der Waals surface area contributed by atoms with E-state index in [1.807, 2.05) is 45.1 Å². The van der Waals surface area contributed by atoms with Crippen LogP contribution in [0.3, 0.4) is 0 Å². The molecule has 0 unspecified atom stereocenters. The molecule has 0 aromatic heterocycles. The van der Waals surface area contributed by atoms with E-state index in [0.29, 0.717) is 45.6 Å². The molecule has 0 saturated carbocycles. The number of rotatable bonds is 28. The number of carbonyl (C=O) groups excluding carboxylic acids is 3. The molecule has 1 amide bonds. The predicted molar refractivity (Wildman–Crippen MR) is 201 cm³/mol. The van der Waals surface area contributed by atoms with Gasteiger partial charge in [-0.25, -0.2) is 4.79 Å². The highest BCUT2D eigenvalue weighted by Crippen LogP contribution is 2.17. The van der Waals surface area contributed by atoms with Crippen molar-refractivity contribution in [3.8, 4) is 0 Å². The van der Waals surface area contributed by atoms with E-state index in [4.69, 9.17) is 14.2 Å². The van der Waals surface area contributed by atoms with Gasteiger partial charge in [0.1, 0.15) is 18.8 Å². The van der Waals surface area contributed by atoms with Gasteiger partial charge in [-0.15, -0.1) is 0 Å². The Labute approximate surface area is 299 Å². The lowest BCUT2D eigenvalue weighted by Crippen LogP contribution is -2.37. The van der Waals surface area contributed by atoms with Crippen LogP contribution in [0.25, 0.3) is 0 Å². The van der Waals surface area contributed by atoms with Gasteiger partial charge in [-0.05, 0) is 83.3 Å². The fourth-order valence-corrected chi connectivity index (χ4v) is 5.38. The van der Waals surface area contributed by atoms with Crippen molar-refractivity contribution in [2.45, 2.75) is 169 Å². The Hall–Kier alpha value is -3.09. The first-order valence-corrected chi connectivity index (χ1v) is 19.3. The molecule has 1 aromatic carbocycles. The minimum atomic E-state index is -0.574. The second kappa shape index (κ2) is 28.7. The Kier molecular flexibility index (Phi) is 25.7. The van der Waals surface area contributed by atoms with Crippen molar-refractivity contribution < 1.29 is 28.6 Å². The van der Waals surface area contributed by atoms with Crippen LogP contribution in [0.5, 0.6) is 0 Å². The molecular formula is C42H69NO6. The average molecular weight is 684 g/mol. The van der Waals surface area contributed by atoms with Crippen LogP contribution < -0.4 is 0 Å². The van der Waals surface area contributed by atoms with Crippen molar-refractivity contribution in [3.63, 3.8) is 0 Å². The first-order chi connectivity index (χ1) is 23.6. The summed E-state index contributed by atoms with van der Waals surface area (Å²) in [4.78, 5) is 39.1. The average Bonchev–Trinajstić information content (AvgIpc) is 3.05. The summed E-state index contributed by atoms with van der Waals surface area (Å²) in [7, 11) is 0. The van der Waals surface area contributed by atoms with Gasteiger partial charge in [0.25, 0.3) is 0 Å². The number of esters is 2. The molecule has 1 aromatic rings. The Morgan fingerprint density at radius 2 is 1.18 bits per heavy atom. The van der Waals surface area contributed by atoms with Gasteiger partial charge in [-0.3, -0.25) is 9.59 Å². The maximum Gasteiger partial charge on any atom is 0.410 e. The fraction of sp³-hybridized carbons (Fsp3) is 0.690. The molecule has 7 heteroatoms.